The minimum Gasteiger partial charge on any atom is -0.354 e. The molecule has 0 aliphatic carbocycles. The Hall–Kier alpha value is -0.610. The Labute approximate surface area is 83.3 Å². The van der Waals surface area contributed by atoms with Crippen LogP contribution in [0.2, 0.25) is 5.02 Å². The fraction of sp³-hybridized carbons (Fsp3) is 0.143. The molecule has 0 saturated heterocycles. The highest BCUT2D eigenvalue weighted by molar-refractivity contribution is 9.10. The molecule has 1 aromatic heterocycles. The monoisotopic (exact) mass is 248 g/mol. The molecule has 1 aromatic rings. The zero-order valence-corrected chi connectivity index (χ0v) is 8.61. The molecule has 1 N–H and O–H groups in total. The summed E-state index contributed by atoms with van der Waals surface area (Å²) in [5.74, 6) is -0.237. The summed E-state index contributed by atoms with van der Waals surface area (Å²) in [6.07, 6.45) is 1.43. The van der Waals surface area contributed by atoms with Crippen LogP contribution in [0.5, 0.6) is 0 Å². The molecular weight excluding hydrogens is 243 g/mol. The Morgan fingerprint density at radius 3 is 2.92 bits per heavy atom. The lowest BCUT2D eigenvalue weighted by atomic mass is 10.3. The van der Waals surface area contributed by atoms with E-state index in [2.05, 4.69) is 26.2 Å². The van der Waals surface area contributed by atoms with E-state index in [0.29, 0.717) is 15.2 Å². The first-order valence-corrected chi connectivity index (χ1v) is 4.35. The lowest BCUT2D eigenvalue weighted by molar-refractivity contribution is 0.0957. The number of rotatable bonds is 1. The van der Waals surface area contributed by atoms with Gasteiger partial charge in [0.05, 0.1) is 9.50 Å². The first kappa shape index (κ1) is 9.48. The average Bonchev–Trinajstić information content (AvgIpc) is 2.03. The third kappa shape index (κ3) is 1.95. The number of aromatic nitrogens is 1. The van der Waals surface area contributed by atoms with Crippen molar-refractivity contribution in [2.24, 2.45) is 0 Å². The van der Waals surface area contributed by atoms with Crippen LogP contribution in [0.25, 0.3) is 0 Å². The van der Waals surface area contributed by atoms with E-state index in [0.717, 1.165) is 0 Å². The maximum Gasteiger partial charge on any atom is 0.270 e. The van der Waals surface area contributed by atoms with E-state index < -0.39 is 0 Å². The summed E-state index contributed by atoms with van der Waals surface area (Å²) in [5.41, 5.74) is 0.335. The van der Waals surface area contributed by atoms with Crippen LogP contribution in [-0.4, -0.2) is 17.9 Å². The molecular formula is C7H6BrClN2O. The van der Waals surface area contributed by atoms with Gasteiger partial charge in [-0.15, -0.1) is 0 Å². The summed E-state index contributed by atoms with van der Waals surface area (Å²) < 4.78 is 0.592. The topological polar surface area (TPSA) is 42.0 Å². The van der Waals surface area contributed by atoms with Crippen LogP contribution in [0, 0.1) is 0 Å². The van der Waals surface area contributed by atoms with Crippen molar-refractivity contribution in [2.45, 2.75) is 0 Å². The van der Waals surface area contributed by atoms with Crippen molar-refractivity contribution in [3.8, 4) is 0 Å². The molecule has 0 bridgehead atoms. The first-order chi connectivity index (χ1) is 5.65. The number of hydrogen-bond donors (Lipinski definition) is 1. The van der Waals surface area contributed by atoms with E-state index >= 15 is 0 Å². The molecule has 0 radical (unpaired) electrons. The molecule has 0 aromatic carbocycles. The molecule has 64 valence electrons. The number of nitrogens with zero attached hydrogens (tertiary/aromatic N) is 1. The van der Waals surface area contributed by atoms with Gasteiger partial charge >= 0.3 is 0 Å². The fourth-order valence-electron chi connectivity index (χ4n) is 0.700. The van der Waals surface area contributed by atoms with Crippen molar-refractivity contribution in [1.29, 1.82) is 0 Å². The molecule has 0 saturated carbocycles. The second kappa shape index (κ2) is 3.87. The molecule has 1 rings (SSSR count). The summed E-state index contributed by atoms with van der Waals surface area (Å²) in [7, 11) is 1.55. The standard InChI is InChI=1S/C7H6BrClN2O/c1-10-7(12)6-5(8)2-4(9)3-11-6/h2-3H,1H3,(H,10,12). The Morgan fingerprint density at radius 2 is 2.42 bits per heavy atom. The van der Waals surface area contributed by atoms with E-state index in [9.17, 15) is 4.79 Å². The lowest BCUT2D eigenvalue weighted by Crippen LogP contribution is -2.19. The predicted molar refractivity (Wildman–Crippen MR) is 50.3 cm³/mol. The minimum atomic E-state index is -0.237. The maximum atomic E-state index is 11.1. The number of halogens is 2. The Kier molecular flexibility index (Phi) is 3.05. The van der Waals surface area contributed by atoms with E-state index in [1.54, 1.807) is 13.1 Å². The molecule has 0 fully saturated rings. The normalized spacial score (nSPS) is 9.58. The van der Waals surface area contributed by atoms with Crippen molar-refractivity contribution in [3.63, 3.8) is 0 Å². The van der Waals surface area contributed by atoms with E-state index in [4.69, 9.17) is 11.6 Å². The van der Waals surface area contributed by atoms with Crippen molar-refractivity contribution in [2.75, 3.05) is 7.05 Å². The number of carbonyl (C=O) groups is 1. The largest absolute Gasteiger partial charge is 0.354 e. The molecule has 5 heteroatoms. The second-order valence-electron chi connectivity index (χ2n) is 2.06. The molecule has 12 heavy (non-hydrogen) atoms. The fourth-order valence-corrected chi connectivity index (χ4v) is 1.52. The van der Waals surface area contributed by atoms with Gasteiger partial charge in [0.1, 0.15) is 5.69 Å². The molecule has 0 spiro atoms. The number of hydrogen-bond acceptors (Lipinski definition) is 2. The van der Waals surface area contributed by atoms with Gasteiger partial charge in [0.25, 0.3) is 5.91 Å². The van der Waals surface area contributed by atoms with Gasteiger partial charge < -0.3 is 5.32 Å². The van der Waals surface area contributed by atoms with E-state index in [1.165, 1.54) is 6.20 Å². The Bertz CT molecular complexity index is 316. The molecule has 3 nitrogen and oxygen atoms in total. The number of pyridine rings is 1. The molecule has 0 unspecified atom stereocenters. The van der Waals surface area contributed by atoms with Crippen molar-refractivity contribution < 1.29 is 4.79 Å². The van der Waals surface area contributed by atoms with Crippen molar-refractivity contribution >= 4 is 33.4 Å². The zero-order valence-electron chi connectivity index (χ0n) is 6.27. The molecule has 0 aliphatic rings. The van der Waals surface area contributed by atoms with Crippen LogP contribution >= 0.6 is 27.5 Å². The van der Waals surface area contributed by atoms with E-state index in [-0.39, 0.29) is 5.91 Å². The van der Waals surface area contributed by atoms with Gasteiger partial charge in [0.15, 0.2) is 0 Å². The van der Waals surface area contributed by atoms with Crippen LogP contribution < -0.4 is 5.32 Å². The lowest BCUT2D eigenvalue weighted by Gasteiger charge is -2.00. The number of carbonyl (C=O) groups excluding carboxylic acids is 1. The third-order valence-corrected chi connectivity index (χ3v) is 2.06. The van der Waals surface area contributed by atoms with Gasteiger partial charge in [-0.2, -0.15) is 0 Å². The van der Waals surface area contributed by atoms with Gasteiger partial charge in [0, 0.05) is 13.2 Å². The van der Waals surface area contributed by atoms with Gasteiger partial charge in [-0.1, -0.05) is 11.6 Å². The van der Waals surface area contributed by atoms with Gasteiger partial charge in [-0.05, 0) is 22.0 Å². The molecule has 0 atom stereocenters. The van der Waals surface area contributed by atoms with Crippen molar-refractivity contribution in [3.05, 3.63) is 27.5 Å². The highest BCUT2D eigenvalue weighted by Gasteiger charge is 2.09. The van der Waals surface area contributed by atoms with Crippen LogP contribution in [-0.2, 0) is 0 Å². The average molecular weight is 249 g/mol. The van der Waals surface area contributed by atoms with Gasteiger partial charge in [-0.3, -0.25) is 4.79 Å². The molecule has 1 heterocycles. The summed E-state index contributed by atoms with van der Waals surface area (Å²) in [6, 6.07) is 1.62. The van der Waals surface area contributed by atoms with Crippen LogP contribution in [0.3, 0.4) is 0 Å². The van der Waals surface area contributed by atoms with Crippen LogP contribution in [0.1, 0.15) is 10.5 Å². The summed E-state index contributed by atoms with van der Waals surface area (Å²) in [4.78, 5) is 15.0. The highest BCUT2D eigenvalue weighted by Crippen LogP contribution is 2.18. The SMILES string of the molecule is CNC(=O)c1ncc(Cl)cc1Br. The third-order valence-electron chi connectivity index (χ3n) is 1.25. The summed E-state index contributed by atoms with van der Waals surface area (Å²) in [6.45, 7) is 0. The number of amides is 1. The Balaban J connectivity index is 3.09. The Morgan fingerprint density at radius 1 is 1.75 bits per heavy atom. The zero-order chi connectivity index (χ0) is 9.14. The summed E-state index contributed by atoms with van der Waals surface area (Å²) >= 11 is 8.82. The van der Waals surface area contributed by atoms with E-state index in [1.807, 2.05) is 0 Å². The minimum absolute atomic E-state index is 0.237. The van der Waals surface area contributed by atoms with Crippen molar-refractivity contribution in [1.82, 2.24) is 10.3 Å². The highest BCUT2D eigenvalue weighted by atomic mass is 79.9. The van der Waals surface area contributed by atoms with Gasteiger partial charge in [0.2, 0.25) is 0 Å². The first-order valence-electron chi connectivity index (χ1n) is 3.18. The predicted octanol–water partition coefficient (Wildman–Crippen LogP) is 1.86. The molecule has 0 aliphatic heterocycles. The van der Waals surface area contributed by atoms with Crippen LogP contribution in [0.4, 0.5) is 0 Å². The maximum absolute atomic E-state index is 11.1. The number of nitrogens with one attached hydrogen (secondary N) is 1. The quantitative estimate of drug-likeness (QED) is 0.825. The smallest absolute Gasteiger partial charge is 0.270 e. The second-order valence-corrected chi connectivity index (χ2v) is 3.35. The molecule has 1 amide bonds. The van der Waals surface area contributed by atoms with Crippen LogP contribution in [0.15, 0.2) is 16.7 Å². The van der Waals surface area contributed by atoms with Gasteiger partial charge in [-0.25, -0.2) is 4.98 Å². The summed E-state index contributed by atoms with van der Waals surface area (Å²) in [5, 5.41) is 2.96.